The highest BCUT2D eigenvalue weighted by atomic mass is 16.6. The molecule has 0 rings (SSSR count). The second-order valence-corrected chi connectivity index (χ2v) is 9.10. The van der Waals surface area contributed by atoms with Crippen LogP contribution in [0.25, 0.3) is 0 Å². The van der Waals surface area contributed by atoms with E-state index in [1.54, 1.807) is 0 Å². The molecule has 0 fully saturated rings. The van der Waals surface area contributed by atoms with Gasteiger partial charge in [0.05, 0.1) is 18.8 Å². The van der Waals surface area contributed by atoms with Gasteiger partial charge in [-0.3, -0.25) is 4.79 Å². The molecule has 0 amide bonds. The van der Waals surface area contributed by atoms with Gasteiger partial charge in [-0.25, -0.2) is 0 Å². The average molecular weight is 497 g/mol. The molecule has 0 aromatic carbocycles. The number of unbranched alkanes of at least 4 members (excludes halogenated alkanes) is 9. The Morgan fingerprint density at radius 3 is 1.59 bits per heavy atom. The van der Waals surface area contributed by atoms with Crippen LogP contribution in [0.2, 0.25) is 0 Å². The third-order valence-corrected chi connectivity index (χ3v) is 6.00. The van der Waals surface area contributed by atoms with Gasteiger partial charge in [-0.1, -0.05) is 71.1 Å². The number of carbonyl (C=O) groups excluding carboxylic acids is 1. The fourth-order valence-electron chi connectivity index (χ4n) is 3.64. The van der Waals surface area contributed by atoms with Crippen molar-refractivity contribution in [2.75, 3.05) is 6.61 Å². The maximum atomic E-state index is 11.8. The fourth-order valence-corrected chi connectivity index (χ4v) is 3.64. The molecule has 0 spiro atoms. The summed E-state index contributed by atoms with van der Waals surface area (Å²) in [5.74, 6) is -0.788. The molecule has 0 aliphatic carbocycles. The van der Waals surface area contributed by atoms with Crippen LogP contribution in [-0.2, 0) is 9.53 Å². The minimum absolute atomic E-state index is 0.0126. The van der Waals surface area contributed by atoms with E-state index in [1.807, 2.05) is 0 Å². The van der Waals surface area contributed by atoms with Gasteiger partial charge in [-0.15, -0.1) is 0 Å². The molecule has 0 radical (unpaired) electrons. The first-order chi connectivity index (χ1) is 16.1. The lowest BCUT2D eigenvalue weighted by Crippen LogP contribution is -2.50. The third kappa shape index (κ3) is 15.2. The number of hydrogen-bond donors (Lipinski definition) is 8. The van der Waals surface area contributed by atoms with E-state index in [2.05, 4.69) is 11.7 Å². The molecule has 0 heterocycles. The van der Waals surface area contributed by atoms with Crippen LogP contribution in [0.15, 0.2) is 0 Å². The molecule has 0 aromatic rings. The monoisotopic (exact) mass is 496 g/mol. The van der Waals surface area contributed by atoms with E-state index in [0.717, 1.165) is 32.1 Å². The Morgan fingerprint density at radius 1 is 0.618 bits per heavy atom. The number of aliphatic hydroxyl groups excluding tert-OH is 8. The van der Waals surface area contributed by atoms with Gasteiger partial charge in [-0.05, 0) is 19.3 Å². The molecule has 0 bridgehead atoms. The number of hydrogen-bond acceptors (Lipinski definition) is 10. The van der Waals surface area contributed by atoms with Crippen molar-refractivity contribution in [2.45, 2.75) is 140 Å². The van der Waals surface area contributed by atoms with Crippen molar-refractivity contribution in [3.63, 3.8) is 0 Å². The van der Waals surface area contributed by atoms with E-state index in [1.165, 1.54) is 25.7 Å². The second kappa shape index (κ2) is 20.4. The van der Waals surface area contributed by atoms with Crippen molar-refractivity contribution in [3.8, 4) is 0 Å². The lowest BCUT2D eigenvalue weighted by atomic mass is 9.99. The molecule has 10 nitrogen and oxygen atoms in total. The Morgan fingerprint density at radius 2 is 1.09 bits per heavy atom. The van der Waals surface area contributed by atoms with Crippen molar-refractivity contribution in [2.24, 2.45) is 0 Å². The fraction of sp³-hybridized carbons (Fsp3) is 0.958. The van der Waals surface area contributed by atoms with Crippen LogP contribution in [0, 0.1) is 0 Å². The zero-order chi connectivity index (χ0) is 25.9. The number of carbonyl (C=O) groups is 1. The predicted octanol–water partition coefficient (Wildman–Crippen LogP) is 0.487. The standard InChI is InChI=1S/C24H48O10/c1-2-3-4-5-7-10-13-17(26)18(27)14-11-8-6-9-12-15-20(29)34-24(33)23(32)22(31)21(30)19(28)16-25/h17-19,21-28,30-33H,2-16H2,1H3/t17?,18?,19-,21-,22+,23-,24?/m1/s1. The van der Waals surface area contributed by atoms with Crippen LogP contribution >= 0.6 is 0 Å². The van der Waals surface area contributed by atoms with Gasteiger partial charge in [0, 0.05) is 6.42 Å². The summed E-state index contributed by atoms with van der Waals surface area (Å²) in [6.45, 7) is 1.31. The highest BCUT2D eigenvalue weighted by Gasteiger charge is 2.35. The van der Waals surface area contributed by atoms with Gasteiger partial charge in [0.1, 0.15) is 24.4 Å². The summed E-state index contributed by atoms with van der Waals surface area (Å²) in [6, 6.07) is 0. The average Bonchev–Trinajstić information content (AvgIpc) is 2.82. The molecular formula is C24H48O10. The molecule has 10 heteroatoms. The maximum absolute atomic E-state index is 11.8. The van der Waals surface area contributed by atoms with Gasteiger partial charge in [-0.2, -0.15) is 0 Å². The summed E-state index contributed by atoms with van der Waals surface area (Å²) in [4.78, 5) is 11.8. The normalized spacial score (nSPS) is 18.0. The van der Waals surface area contributed by atoms with Crippen molar-refractivity contribution < 1.29 is 50.4 Å². The van der Waals surface area contributed by atoms with E-state index >= 15 is 0 Å². The van der Waals surface area contributed by atoms with Crippen LogP contribution < -0.4 is 0 Å². The van der Waals surface area contributed by atoms with Gasteiger partial charge in [0.2, 0.25) is 6.29 Å². The number of aliphatic hydroxyl groups is 8. The summed E-state index contributed by atoms with van der Waals surface area (Å²) in [7, 11) is 0. The van der Waals surface area contributed by atoms with Gasteiger partial charge in [0.25, 0.3) is 0 Å². The zero-order valence-corrected chi connectivity index (χ0v) is 20.5. The van der Waals surface area contributed by atoms with Crippen molar-refractivity contribution in [1.29, 1.82) is 0 Å². The van der Waals surface area contributed by atoms with Crippen molar-refractivity contribution in [3.05, 3.63) is 0 Å². The van der Waals surface area contributed by atoms with Crippen LogP contribution in [-0.4, -0.2) is 96.3 Å². The second-order valence-electron chi connectivity index (χ2n) is 9.10. The topological polar surface area (TPSA) is 188 Å². The molecule has 204 valence electrons. The molecular weight excluding hydrogens is 448 g/mol. The van der Waals surface area contributed by atoms with Crippen LogP contribution in [0.4, 0.5) is 0 Å². The Balaban J connectivity index is 3.84. The summed E-state index contributed by atoms with van der Waals surface area (Å²) >= 11 is 0. The Bertz CT molecular complexity index is 492. The Labute approximate surface area is 203 Å². The minimum Gasteiger partial charge on any atom is -0.433 e. The number of rotatable bonds is 22. The number of ether oxygens (including phenoxy) is 1. The molecule has 0 aliphatic rings. The summed E-state index contributed by atoms with van der Waals surface area (Å²) in [5.41, 5.74) is 0. The first-order valence-corrected chi connectivity index (χ1v) is 12.7. The van der Waals surface area contributed by atoms with E-state index in [4.69, 9.17) is 5.11 Å². The highest BCUT2D eigenvalue weighted by molar-refractivity contribution is 5.69. The van der Waals surface area contributed by atoms with Gasteiger partial charge < -0.3 is 45.6 Å². The lowest BCUT2D eigenvalue weighted by molar-refractivity contribution is -0.213. The molecule has 3 unspecified atom stereocenters. The Kier molecular flexibility index (Phi) is 19.8. The van der Waals surface area contributed by atoms with Crippen LogP contribution in [0.3, 0.4) is 0 Å². The Hall–Kier alpha value is -0.850. The first kappa shape index (κ1) is 33.1. The first-order valence-electron chi connectivity index (χ1n) is 12.7. The van der Waals surface area contributed by atoms with E-state index in [0.29, 0.717) is 25.7 Å². The van der Waals surface area contributed by atoms with Crippen LogP contribution in [0.1, 0.15) is 96.8 Å². The molecule has 0 saturated carbocycles. The largest absolute Gasteiger partial charge is 0.433 e. The van der Waals surface area contributed by atoms with E-state index < -0.39 is 55.5 Å². The SMILES string of the molecule is CCCCCCCCC(O)C(O)CCCCCCCC(=O)OC(O)[C@H](O)[C@@H](O)[C@H](O)[C@H](O)CO. The van der Waals surface area contributed by atoms with Crippen molar-refractivity contribution >= 4 is 5.97 Å². The summed E-state index contributed by atoms with van der Waals surface area (Å²) in [6.07, 6.45) is 0.389. The van der Waals surface area contributed by atoms with Crippen LogP contribution in [0.5, 0.6) is 0 Å². The zero-order valence-electron chi connectivity index (χ0n) is 20.5. The lowest BCUT2D eigenvalue weighted by Gasteiger charge is -2.28. The summed E-state index contributed by atoms with van der Waals surface area (Å²) < 4.78 is 4.63. The van der Waals surface area contributed by atoms with Crippen molar-refractivity contribution in [1.82, 2.24) is 0 Å². The van der Waals surface area contributed by atoms with E-state index in [9.17, 15) is 40.5 Å². The third-order valence-electron chi connectivity index (χ3n) is 6.00. The molecule has 8 N–H and O–H groups in total. The minimum atomic E-state index is -2.09. The van der Waals surface area contributed by atoms with E-state index in [-0.39, 0.29) is 6.42 Å². The smallest absolute Gasteiger partial charge is 0.308 e. The molecule has 0 saturated heterocycles. The van der Waals surface area contributed by atoms with Gasteiger partial charge >= 0.3 is 5.97 Å². The molecule has 0 aliphatic heterocycles. The maximum Gasteiger partial charge on any atom is 0.308 e. The molecule has 0 aromatic heterocycles. The predicted molar refractivity (Wildman–Crippen MR) is 126 cm³/mol. The molecule has 34 heavy (non-hydrogen) atoms. The van der Waals surface area contributed by atoms with Gasteiger partial charge in [0.15, 0.2) is 0 Å². The number of esters is 1. The summed E-state index contributed by atoms with van der Waals surface area (Å²) in [5, 5.41) is 76.7. The molecule has 7 atom stereocenters. The quantitative estimate of drug-likeness (QED) is 0.0595. The highest BCUT2D eigenvalue weighted by Crippen LogP contribution is 2.16.